The van der Waals surface area contributed by atoms with Crippen molar-refractivity contribution in [3.63, 3.8) is 0 Å². The number of imidazole rings is 1. The molecule has 0 aliphatic rings. The number of hydrogen-bond acceptors (Lipinski definition) is 3. The summed E-state index contributed by atoms with van der Waals surface area (Å²) in [4.78, 5) is 19.2. The lowest BCUT2D eigenvalue weighted by Crippen LogP contribution is -2.04. The molecular formula is C12H12BrN3O2. The van der Waals surface area contributed by atoms with E-state index in [0.29, 0.717) is 11.0 Å². The van der Waals surface area contributed by atoms with Gasteiger partial charge in [0.05, 0.1) is 12.1 Å². The van der Waals surface area contributed by atoms with Gasteiger partial charge in [-0.1, -0.05) is 6.07 Å². The molecule has 0 spiro atoms. The maximum atomic E-state index is 10.6. The molecule has 2 aromatic rings. The first kappa shape index (κ1) is 12.8. The first-order valence-corrected chi connectivity index (χ1v) is 6.23. The molecular weight excluding hydrogens is 298 g/mol. The highest BCUT2D eigenvalue weighted by atomic mass is 79.9. The molecule has 0 bridgehead atoms. The maximum Gasteiger partial charge on any atom is 0.303 e. The predicted molar refractivity (Wildman–Crippen MR) is 70.1 cm³/mol. The third kappa shape index (κ3) is 2.59. The Morgan fingerprint density at radius 1 is 1.50 bits per heavy atom. The Balaban J connectivity index is 2.35. The number of rotatable bonds is 4. The number of hydrogen-bond donors (Lipinski definition) is 1. The molecule has 0 radical (unpaired) electrons. The molecule has 18 heavy (non-hydrogen) atoms. The average Bonchev–Trinajstić information content (AvgIpc) is 2.63. The zero-order chi connectivity index (χ0) is 13.1. The quantitative estimate of drug-likeness (QED) is 0.940. The molecule has 0 aliphatic carbocycles. The lowest BCUT2D eigenvalue weighted by molar-refractivity contribution is -0.137. The van der Waals surface area contributed by atoms with E-state index in [1.807, 2.05) is 29.8 Å². The minimum atomic E-state index is -0.825. The van der Waals surface area contributed by atoms with E-state index in [9.17, 15) is 4.79 Å². The number of aliphatic carboxylic acids is 1. The van der Waals surface area contributed by atoms with Crippen molar-refractivity contribution in [1.29, 1.82) is 0 Å². The SMILES string of the molecule is Cn1c(CCC(=O)O)nc(Br)c1-c1ccccn1. The molecule has 0 saturated heterocycles. The van der Waals surface area contributed by atoms with Gasteiger partial charge in [-0.25, -0.2) is 4.98 Å². The van der Waals surface area contributed by atoms with Crippen LogP contribution in [0.15, 0.2) is 29.0 Å². The standard InChI is InChI=1S/C12H12BrN3O2/c1-16-9(5-6-10(17)18)15-12(13)11(16)8-4-2-3-7-14-8/h2-4,7H,5-6H2,1H3,(H,17,18). The first-order chi connectivity index (χ1) is 8.59. The van der Waals surface area contributed by atoms with E-state index in [0.717, 1.165) is 17.2 Å². The summed E-state index contributed by atoms with van der Waals surface area (Å²) in [5, 5.41) is 8.70. The van der Waals surface area contributed by atoms with Crippen LogP contribution in [0.25, 0.3) is 11.4 Å². The molecule has 0 amide bonds. The summed E-state index contributed by atoms with van der Waals surface area (Å²) in [5.74, 6) is -0.0987. The summed E-state index contributed by atoms with van der Waals surface area (Å²) in [7, 11) is 1.86. The van der Waals surface area contributed by atoms with Crippen LogP contribution in [-0.4, -0.2) is 25.6 Å². The van der Waals surface area contributed by atoms with Gasteiger partial charge in [-0.05, 0) is 28.1 Å². The summed E-state index contributed by atoms with van der Waals surface area (Å²) in [5.41, 5.74) is 1.66. The Labute approximate surface area is 113 Å². The maximum absolute atomic E-state index is 10.6. The number of carboxylic acid groups (broad SMARTS) is 1. The fraction of sp³-hybridized carbons (Fsp3) is 0.250. The molecule has 0 fully saturated rings. The van der Waals surface area contributed by atoms with Crippen LogP contribution in [0.1, 0.15) is 12.2 Å². The van der Waals surface area contributed by atoms with Gasteiger partial charge in [0, 0.05) is 19.7 Å². The number of aryl methyl sites for hydroxylation is 1. The van der Waals surface area contributed by atoms with Crippen molar-refractivity contribution in [2.45, 2.75) is 12.8 Å². The van der Waals surface area contributed by atoms with Crippen molar-refractivity contribution >= 4 is 21.9 Å². The van der Waals surface area contributed by atoms with Gasteiger partial charge in [-0.3, -0.25) is 9.78 Å². The second-order valence-electron chi connectivity index (χ2n) is 3.84. The van der Waals surface area contributed by atoms with Gasteiger partial charge in [-0.2, -0.15) is 0 Å². The second kappa shape index (κ2) is 5.30. The Morgan fingerprint density at radius 2 is 2.28 bits per heavy atom. The van der Waals surface area contributed by atoms with Crippen LogP contribution in [0, 0.1) is 0 Å². The Bertz CT molecular complexity index is 566. The molecule has 0 atom stereocenters. The largest absolute Gasteiger partial charge is 0.481 e. The zero-order valence-electron chi connectivity index (χ0n) is 9.80. The van der Waals surface area contributed by atoms with Crippen molar-refractivity contribution < 1.29 is 9.90 Å². The summed E-state index contributed by atoms with van der Waals surface area (Å²) in [6.45, 7) is 0. The van der Waals surface area contributed by atoms with Crippen molar-refractivity contribution in [3.05, 3.63) is 34.8 Å². The normalized spacial score (nSPS) is 10.6. The first-order valence-electron chi connectivity index (χ1n) is 5.44. The van der Waals surface area contributed by atoms with Gasteiger partial charge >= 0.3 is 5.97 Å². The van der Waals surface area contributed by atoms with Crippen LogP contribution in [0.5, 0.6) is 0 Å². The number of carbonyl (C=O) groups is 1. The lowest BCUT2D eigenvalue weighted by Gasteiger charge is -2.04. The number of carboxylic acids is 1. The number of nitrogens with zero attached hydrogens (tertiary/aromatic N) is 3. The Morgan fingerprint density at radius 3 is 2.89 bits per heavy atom. The molecule has 0 saturated carbocycles. The Kier molecular flexibility index (Phi) is 3.76. The molecule has 2 rings (SSSR count). The van der Waals surface area contributed by atoms with Gasteiger partial charge in [0.15, 0.2) is 0 Å². The third-order valence-corrected chi connectivity index (χ3v) is 3.17. The Hall–Kier alpha value is -1.69. The highest BCUT2D eigenvalue weighted by Gasteiger charge is 2.15. The molecule has 2 aromatic heterocycles. The zero-order valence-corrected chi connectivity index (χ0v) is 11.4. The molecule has 2 heterocycles. The molecule has 0 aliphatic heterocycles. The highest BCUT2D eigenvalue weighted by Crippen LogP contribution is 2.27. The molecule has 6 heteroatoms. The van der Waals surface area contributed by atoms with E-state index >= 15 is 0 Å². The van der Waals surface area contributed by atoms with Crippen LogP contribution in [0.3, 0.4) is 0 Å². The van der Waals surface area contributed by atoms with Crippen molar-refractivity contribution in [1.82, 2.24) is 14.5 Å². The number of aromatic nitrogens is 3. The van der Waals surface area contributed by atoms with Crippen LogP contribution in [0.2, 0.25) is 0 Å². The van der Waals surface area contributed by atoms with Crippen LogP contribution in [-0.2, 0) is 18.3 Å². The van der Waals surface area contributed by atoms with Crippen molar-refractivity contribution in [3.8, 4) is 11.4 Å². The second-order valence-corrected chi connectivity index (χ2v) is 4.59. The molecule has 1 N–H and O–H groups in total. The number of halogens is 1. The summed E-state index contributed by atoms with van der Waals surface area (Å²) in [6.07, 6.45) is 2.18. The van der Waals surface area contributed by atoms with Gasteiger partial charge < -0.3 is 9.67 Å². The predicted octanol–water partition coefficient (Wildman–Crippen LogP) is 2.26. The van der Waals surface area contributed by atoms with E-state index in [4.69, 9.17) is 5.11 Å². The van der Waals surface area contributed by atoms with Crippen molar-refractivity contribution in [2.24, 2.45) is 7.05 Å². The minimum absolute atomic E-state index is 0.0684. The minimum Gasteiger partial charge on any atom is -0.481 e. The van der Waals surface area contributed by atoms with E-state index in [2.05, 4.69) is 25.9 Å². The smallest absolute Gasteiger partial charge is 0.303 e. The van der Waals surface area contributed by atoms with Gasteiger partial charge in [0.1, 0.15) is 16.1 Å². The molecule has 0 unspecified atom stereocenters. The van der Waals surface area contributed by atoms with E-state index in [-0.39, 0.29) is 6.42 Å². The number of pyridine rings is 1. The molecule has 5 nitrogen and oxygen atoms in total. The topological polar surface area (TPSA) is 68.0 Å². The highest BCUT2D eigenvalue weighted by molar-refractivity contribution is 9.10. The lowest BCUT2D eigenvalue weighted by atomic mass is 10.3. The van der Waals surface area contributed by atoms with Gasteiger partial charge in [0.2, 0.25) is 0 Å². The fourth-order valence-electron chi connectivity index (χ4n) is 1.73. The fourth-order valence-corrected chi connectivity index (χ4v) is 2.41. The van der Waals surface area contributed by atoms with Crippen molar-refractivity contribution in [2.75, 3.05) is 0 Å². The van der Waals surface area contributed by atoms with E-state index in [1.165, 1.54) is 0 Å². The average molecular weight is 310 g/mol. The molecule has 94 valence electrons. The van der Waals surface area contributed by atoms with Crippen LogP contribution < -0.4 is 0 Å². The summed E-state index contributed by atoms with van der Waals surface area (Å²) < 4.78 is 2.55. The van der Waals surface area contributed by atoms with Gasteiger partial charge in [0.25, 0.3) is 0 Å². The monoisotopic (exact) mass is 309 g/mol. The molecule has 0 aromatic carbocycles. The van der Waals surface area contributed by atoms with Gasteiger partial charge in [-0.15, -0.1) is 0 Å². The third-order valence-electron chi connectivity index (χ3n) is 2.62. The van der Waals surface area contributed by atoms with E-state index in [1.54, 1.807) is 6.20 Å². The summed E-state index contributed by atoms with van der Waals surface area (Å²) in [6, 6.07) is 5.64. The van der Waals surface area contributed by atoms with Crippen LogP contribution in [0.4, 0.5) is 0 Å². The summed E-state index contributed by atoms with van der Waals surface area (Å²) >= 11 is 3.39. The van der Waals surface area contributed by atoms with E-state index < -0.39 is 5.97 Å². The van der Waals surface area contributed by atoms with Crippen LogP contribution >= 0.6 is 15.9 Å².